The van der Waals surface area contributed by atoms with Gasteiger partial charge in [-0.3, -0.25) is 0 Å². The second kappa shape index (κ2) is 9.16. The molecule has 0 fully saturated rings. The number of halogens is 3. The van der Waals surface area contributed by atoms with Gasteiger partial charge >= 0.3 is 6.18 Å². The number of aromatic nitrogens is 4. The zero-order valence-electron chi connectivity index (χ0n) is 21.3. The number of ether oxygens (including phenoxy) is 2. The van der Waals surface area contributed by atoms with E-state index in [0.29, 0.717) is 59.6 Å². The van der Waals surface area contributed by atoms with E-state index in [1.165, 1.54) is 12.1 Å². The largest absolute Gasteiger partial charge is 0.496 e. The van der Waals surface area contributed by atoms with Crippen molar-refractivity contribution in [1.82, 2.24) is 19.7 Å². The predicted molar refractivity (Wildman–Crippen MR) is 132 cm³/mol. The molecule has 5 rings (SSSR count). The fourth-order valence-corrected chi connectivity index (χ4v) is 4.88. The zero-order chi connectivity index (χ0) is 27.3. The Balaban J connectivity index is 1.58. The lowest BCUT2D eigenvalue weighted by molar-refractivity contribution is -0.141. The third-order valence-corrected chi connectivity index (χ3v) is 6.81. The molecule has 1 aliphatic rings. The van der Waals surface area contributed by atoms with E-state index in [9.17, 15) is 18.3 Å². The van der Waals surface area contributed by atoms with Crippen LogP contribution < -0.4 is 9.47 Å². The number of aliphatic hydroxyl groups is 1. The zero-order valence-corrected chi connectivity index (χ0v) is 21.3. The molecule has 0 bridgehead atoms. The minimum absolute atomic E-state index is 0.0201. The lowest BCUT2D eigenvalue weighted by Gasteiger charge is -2.44. The summed E-state index contributed by atoms with van der Waals surface area (Å²) >= 11 is 0. The van der Waals surface area contributed by atoms with Crippen LogP contribution in [0.15, 0.2) is 53.1 Å². The molecule has 1 atom stereocenters. The summed E-state index contributed by atoms with van der Waals surface area (Å²) < 4.78 is 59.4. The first-order chi connectivity index (χ1) is 17.9. The summed E-state index contributed by atoms with van der Waals surface area (Å²) in [5, 5.41) is 20.1. The maximum Gasteiger partial charge on any atom is 0.416 e. The monoisotopic (exact) mass is 528 g/mol. The van der Waals surface area contributed by atoms with Gasteiger partial charge in [-0.15, -0.1) is 10.2 Å². The van der Waals surface area contributed by atoms with E-state index in [-0.39, 0.29) is 5.75 Å². The lowest BCUT2D eigenvalue weighted by Crippen LogP contribution is -2.55. The van der Waals surface area contributed by atoms with E-state index in [1.807, 2.05) is 16.7 Å². The van der Waals surface area contributed by atoms with Gasteiger partial charge in [-0.05, 0) is 57.0 Å². The van der Waals surface area contributed by atoms with Crippen LogP contribution in [-0.4, -0.2) is 37.6 Å². The molecule has 1 N–H and O–H groups in total. The van der Waals surface area contributed by atoms with Crippen molar-refractivity contribution in [2.45, 2.75) is 57.5 Å². The molecule has 0 amide bonds. The molecule has 0 unspecified atom stereocenters. The molecule has 2 aromatic heterocycles. The topological polar surface area (TPSA) is 95.4 Å². The average Bonchev–Trinajstić information content (AvgIpc) is 3.49. The molecule has 0 aliphatic carbocycles. The standard InChI is InChI=1S/C27H27F3N4O4/c1-16-31-15-22(37-16)20-10-9-17(13-21(20)36-4)23-32-33-24-26(25(2,3)35,11-6-12-34(23)24)38-19-8-5-7-18(14-19)27(28,29)30/h5,7-10,13-15,35H,6,11-12H2,1-4H3/t26-/m0/s1. The summed E-state index contributed by atoms with van der Waals surface area (Å²) in [7, 11) is 1.55. The quantitative estimate of drug-likeness (QED) is 0.339. The molecule has 200 valence electrons. The molecule has 1 aliphatic heterocycles. The Morgan fingerprint density at radius 3 is 2.55 bits per heavy atom. The second-order valence-electron chi connectivity index (χ2n) is 9.77. The summed E-state index contributed by atoms with van der Waals surface area (Å²) in [6.07, 6.45) is -2.00. The molecule has 8 nitrogen and oxygen atoms in total. The van der Waals surface area contributed by atoms with Crippen molar-refractivity contribution in [2.75, 3.05) is 7.11 Å². The van der Waals surface area contributed by atoms with Crippen molar-refractivity contribution >= 4 is 0 Å². The van der Waals surface area contributed by atoms with Crippen LogP contribution >= 0.6 is 0 Å². The van der Waals surface area contributed by atoms with Crippen LogP contribution in [0.4, 0.5) is 13.2 Å². The number of rotatable bonds is 6. The molecule has 0 saturated carbocycles. The molecule has 0 radical (unpaired) electrons. The van der Waals surface area contributed by atoms with Crippen molar-refractivity contribution in [3.8, 4) is 34.2 Å². The van der Waals surface area contributed by atoms with Crippen LogP contribution in [0.5, 0.6) is 11.5 Å². The van der Waals surface area contributed by atoms with Gasteiger partial charge in [0.2, 0.25) is 0 Å². The first kappa shape index (κ1) is 25.8. The maximum atomic E-state index is 13.4. The van der Waals surface area contributed by atoms with Crippen LogP contribution in [0.25, 0.3) is 22.7 Å². The SMILES string of the molecule is COc1cc(-c2nnc3n2CCC[C@@]3(Oc2cccc(C(F)(F)F)c2)C(C)(C)O)ccc1-c1cnc(C)o1. The number of oxazole rings is 1. The Morgan fingerprint density at radius 2 is 1.89 bits per heavy atom. The van der Waals surface area contributed by atoms with E-state index in [4.69, 9.17) is 13.9 Å². The van der Waals surface area contributed by atoms with Gasteiger partial charge in [0.05, 0.1) is 24.4 Å². The molecule has 11 heteroatoms. The highest BCUT2D eigenvalue weighted by molar-refractivity contribution is 5.71. The number of aryl methyl sites for hydroxylation is 1. The van der Waals surface area contributed by atoms with Gasteiger partial charge in [-0.25, -0.2) is 4.98 Å². The normalized spacial score (nSPS) is 17.8. The molecule has 0 saturated heterocycles. The maximum absolute atomic E-state index is 13.4. The minimum Gasteiger partial charge on any atom is -0.496 e. The van der Waals surface area contributed by atoms with Crippen molar-refractivity contribution in [3.05, 3.63) is 65.9 Å². The Hall–Kier alpha value is -3.86. The number of alkyl halides is 3. The van der Waals surface area contributed by atoms with Crippen LogP contribution in [-0.2, 0) is 18.3 Å². The van der Waals surface area contributed by atoms with Crippen molar-refractivity contribution in [1.29, 1.82) is 0 Å². The number of methoxy groups -OCH3 is 1. The second-order valence-corrected chi connectivity index (χ2v) is 9.77. The van der Waals surface area contributed by atoms with Crippen LogP contribution in [0.1, 0.15) is 44.0 Å². The van der Waals surface area contributed by atoms with E-state index in [0.717, 1.165) is 12.1 Å². The van der Waals surface area contributed by atoms with Crippen molar-refractivity contribution in [2.24, 2.45) is 0 Å². The Labute approximate surface area is 217 Å². The lowest BCUT2D eigenvalue weighted by atomic mass is 9.79. The van der Waals surface area contributed by atoms with Gasteiger partial charge in [0.25, 0.3) is 0 Å². The highest BCUT2D eigenvalue weighted by atomic mass is 19.4. The van der Waals surface area contributed by atoms with E-state index >= 15 is 0 Å². The smallest absolute Gasteiger partial charge is 0.416 e. The molecule has 0 spiro atoms. The summed E-state index contributed by atoms with van der Waals surface area (Å²) in [5.41, 5.74) is -2.37. The summed E-state index contributed by atoms with van der Waals surface area (Å²) in [5.74, 6) is 2.46. The number of fused-ring (bicyclic) bond motifs is 1. The summed E-state index contributed by atoms with van der Waals surface area (Å²) in [6, 6.07) is 10.1. The van der Waals surface area contributed by atoms with Gasteiger partial charge in [0.1, 0.15) is 17.1 Å². The fraction of sp³-hybridized carbons (Fsp3) is 0.370. The predicted octanol–water partition coefficient (Wildman–Crippen LogP) is 5.77. The van der Waals surface area contributed by atoms with Crippen LogP contribution in [0, 0.1) is 6.92 Å². The van der Waals surface area contributed by atoms with Gasteiger partial charge in [-0.2, -0.15) is 13.2 Å². The van der Waals surface area contributed by atoms with E-state index in [2.05, 4.69) is 15.2 Å². The molecule has 3 heterocycles. The Kier molecular flexibility index (Phi) is 6.21. The van der Waals surface area contributed by atoms with E-state index in [1.54, 1.807) is 40.1 Å². The third kappa shape index (κ3) is 4.40. The Bertz CT molecular complexity index is 1470. The van der Waals surface area contributed by atoms with Crippen molar-refractivity contribution in [3.63, 3.8) is 0 Å². The molecular formula is C27H27F3N4O4. The van der Waals surface area contributed by atoms with Crippen LogP contribution in [0.3, 0.4) is 0 Å². The minimum atomic E-state index is -4.53. The number of benzene rings is 2. The first-order valence-electron chi connectivity index (χ1n) is 12.1. The van der Waals surface area contributed by atoms with E-state index < -0.39 is 22.9 Å². The van der Waals surface area contributed by atoms with Gasteiger partial charge in [-0.1, -0.05) is 12.1 Å². The van der Waals surface area contributed by atoms with Crippen LogP contribution in [0.2, 0.25) is 0 Å². The van der Waals surface area contributed by atoms with Crippen molar-refractivity contribution < 1.29 is 32.2 Å². The number of nitrogens with zero attached hydrogens (tertiary/aromatic N) is 4. The molecule has 2 aromatic carbocycles. The molecule has 4 aromatic rings. The summed E-state index contributed by atoms with van der Waals surface area (Å²) in [6.45, 7) is 5.40. The van der Waals surface area contributed by atoms with Gasteiger partial charge in [0.15, 0.2) is 28.9 Å². The average molecular weight is 529 g/mol. The fourth-order valence-electron chi connectivity index (χ4n) is 4.88. The number of hydrogen-bond donors (Lipinski definition) is 1. The van der Waals surface area contributed by atoms with Gasteiger partial charge in [0, 0.05) is 19.0 Å². The molecular weight excluding hydrogens is 501 g/mol. The highest BCUT2D eigenvalue weighted by Crippen LogP contribution is 2.45. The highest BCUT2D eigenvalue weighted by Gasteiger charge is 2.53. The first-order valence-corrected chi connectivity index (χ1v) is 12.1. The van der Waals surface area contributed by atoms with Gasteiger partial charge < -0.3 is 23.6 Å². The number of hydrogen-bond acceptors (Lipinski definition) is 7. The molecule has 38 heavy (non-hydrogen) atoms. The summed E-state index contributed by atoms with van der Waals surface area (Å²) in [4.78, 5) is 4.14. The third-order valence-electron chi connectivity index (χ3n) is 6.81. The Morgan fingerprint density at radius 1 is 1.11 bits per heavy atom.